The number of benzene rings is 3. The summed E-state index contributed by atoms with van der Waals surface area (Å²) >= 11 is 5.54. The molecule has 6 heteroatoms. The molecule has 3 aromatic carbocycles. The van der Waals surface area contributed by atoms with Crippen molar-refractivity contribution < 1.29 is 18.5 Å². The Morgan fingerprint density at radius 3 is 1.29 bits per heavy atom. The average Bonchev–Trinajstić information content (AvgIpc) is 2.57. The van der Waals surface area contributed by atoms with Gasteiger partial charge in [-0.15, -0.1) is 0 Å². The Labute approximate surface area is 145 Å². The van der Waals surface area contributed by atoms with Gasteiger partial charge in [-0.25, -0.2) is 4.57 Å². The van der Waals surface area contributed by atoms with E-state index in [1.807, 2.05) is 30.3 Å². The van der Waals surface area contributed by atoms with Crippen LogP contribution in [0.3, 0.4) is 0 Å². The predicted molar refractivity (Wildman–Crippen MR) is 95.4 cm³/mol. The summed E-state index contributed by atoms with van der Waals surface area (Å²) < 4.78 is 21.5. The van der Waals surface area contributed by atoms with Gasteiger partial charge >= 0.3 is 7.82 Å². The molecule has 4 nitrogen and oxygen atoms in total. The van der Waals surface area contributed by atoms with Crippen LogP contribution in [0, 0.1) is 0 Å². The first-order valence-electron chi connectivity index (χ1n) is 7.08. The molecule has 0 spiro atoms. The van der Waals surface area contributed by atoms with E-state index in [0.717, 1.165) is 5.02 Å². The Bertz CT molecular complexity index is 721. The molecule has 0 saturated carbocycles. The minimum Gasteiger partial charge on any atom is -0.395 e. The van der Waals surface area contributed by atoms with Gasteiger partial charge in [-0.1, -0.05) is 66.2 Å². The summed E-state index contributed by atoms with van der Waals surface area (Å²) in [5.74, 6) is 0.573. The standard InChI is InChI=1S/C12H11O4P.C6H5Cl/c13-17(14,15-11-7-3-1-4-8-11)16-12-9-5-2-6-10-12;7-6-4-2-1-3-5-6/h1-10H,(H,13,14);1-5H. The zero-order valence-electron chi connectivity index (χ0n) is 12.7. The molecule has 0 unspecified atom stereocenters. The predicted octanol–water partition coefficient (Wildman–Crippen LogP) is 5.58. The number of hydrogen-bond acceptors (Lipinski definition) is 3. The van der Waals surface area contributed by atoms with Gasteiger partial charge in [0.05, 0.1) is 0 Å². The zero-order valence-corrected chi connectivity index (χ0v) is 14.3. The lowest BCUT2D eigenvalue weighted by Gasteiger charge is -2.13. The van der Waals surface area contributed by atoms with Crippen molar-refractivity contribution in [1.29, 1.82) is 0 Å². The highest BCUT2D eigenvalue weighted by Gasteiger charge is 2.24. The number of para-hydroxylation sites is 2. The lowest BCUT2D eigenvalue weighted by molar-refractivity contribution is 0.291. The van der Waals surface area contributed by atoms with Gasteiger partial charge in [0.15, 0.2) is 0 Å². The molecule has 0 aliphatic rings. The topological polar surface area (TPSA) is 55.8 Å². The first-order chi connectivity index (χ1) is 11.6. The maximum atomic E-state index is 11.7. The van der Waals surface area contributed by atoms with Gasteiger partial charge < -0.3 is 9.05 Å². The fourth-order valence-corrected chi connectivity index (χ4v) is 2.62. The Kier molecular flexibility index (Phi) is 6.89. The van der Waals surface area contributed by atoms with Gasteiger partial charge in [-0.3, -0.25) is 4.89 Å². The molecule has 0 aromatic heterocycles. The smallest absolute Gasteiger partial charge is 0.395 e. The number of phosphoric acid groups is 1. The van der Waals surface area contributed by atoms with E-state index < -0.39 is 7.82 Å². The molecular weight excluding hydrogens is 347 g/mol. The maximum absolute atomic E-state index is 11.7. The van der Waals surface area contributed by atoms with Crippen LogP contribution >= 0.6 is 19.4 Å². The quantitative estimate of drug-likeness (QED) is 0.615. The van der Waals surface area contributed by atoms with Crippen molar-refractivity contribution >= 4 is 19.4 Å². The molecule has 0 fully saturated rings. The van der Waals surface area contributed by atoms with Crippen LogP contribution < -0.4 is 9.05 Å². The number of rotatable bonds is 4. The molecule has 0 saturated heterocycles. The first-order valence-corrected chi connectivity index (χ1v) is 8.95. The summed E-state index contributed by atoms with van der Waals surface area (Å²) in [6.45, 7) is 0. The van der Waals surface area contributed by atoms with Crippen LogP contribution in [0.25, 0.3) is 0 Å². The largest absolute Gasteiger partial charge is 0.584 e. The van der Waals surface area contributed by atoms with Gasteiger partial charge in [-0.2, -0.15) is 0 Å². The van der Waals surface area contributed by atoms with E-state index in [0.29, 0.717) is 0 Å². The number of halogens is 1. The van der Waals surface area contributed by atoms with E-state index in [1.54, 1.807) is 60.7 Å². The van der Waals surface area contributed by atoms with Crippen LogP contribution in [0.1, 0.15) is 0 Å². The second kappa shape index (κ2) is 9.14. The molecule has 0 amide bonds. The van der Waals surface area contributed by atoms with Crippen molar-refractivity contribution in [3.05, 3.63) is 96.0 Å². The van der Waals surface area contributed by atoms with Crippen LogP contribution in [0.2, 0.25) is 5.02 Å². The van der Waals surface area contributed by atoms with Crippen LogP contribution in [-0.2, 0) is 4.57 Å². The van der Waals surface area contributed by atoms with Gasteiger partial charge in [0, 0.05) is 5.02 Å². The monoisotopic (exact) mass is 362 g/mol. The minimum absolute atomic E-state index is 0.286. The summed E-state index contributed by atoms with van der Waals surface area (Å²) in [6.07, 6.45) is 0. The molecule has 3 rings (SSSR count). The van der Waals surface area contributed by atoms with E-state index in [2.05, 4.69) is 0 Å². The first kappa shape index (κ1) is 18.1. The Morgan fingerprint density at radius 1 is 0.667 bits per heavy atom. The SMILES string of the molecule is Clc1ccccc1.O=P(O)(Oc1ccccc1)Oc1ccccc1. The normalized spacial score (nSPS) is 10.2. The zero-order chi connectivity index (χ0) is 17.3. The molecule has 3 aromatic rings. The third kappa shape index (κ3) is 6.88. The van der Waals surface area contributed by atoms with Gasteiger partial charge in [-0.05, 0) is 36.4 Å². The third-order valence-electron chi connectivity index (χ3n) is 2.66. The second-order valence-corrected chi connectivity index (χ2v) is 6.31. The highest BCUT2D eigenvalue weighted by atomic mass is 35.5. The molecule has 24 heavy (non-hydrogen) atoms. The van der Waals surface area contributed by atoms with E-state index in [4.69, 9.17) is 20.6 Å². The van der Waals surface area contributed by atoms with Crippen LogP contribution in [0.15, 0.2) is 91.0 Å². The van der Waals surface area contributed by atoms with E-state index in [1.165, 1.54) is 0 Å². The maximum Gasteiger partial charge on any atom is 0.584 e. The number of phosphoric ester groups is 1. The van der Waals surface area contributed by atoms with Gasteiger partial charge in [0.1, 0.15) is 11.5 Å². The van der Waals surface area contributed by atoms with Gasteiger partial charge in [0.25, 0.3) is 0 Å². The molecule has 0 bridgehead atoms. The molecule has 0 radical (unpaired) electrons. The summed E-state index contributed by atoms with van der Waals surface area (Å²) in [5.41, 5.74) is 0. The molecule has 0 atom stereocenters. The fraction of sp³-hybridized carbons (Fsp3) is 0. The molecule has 0 heterocycles. The van der Waals surface area contributed by atoms with Crippen molar-refractivity contribution in [3.8, 4) is 11.5 Å². The van der Waals surface area contributed by atoms with Crippen LogP contribution in [0.5, 0.6) is 11.5 Å². The lowest BCUT2D eigenvalue weighted by Crippen LogP contribution is -1.99. The highest BCUT2D eigenvalue weighted by Crippen LogP contribution is 2.44. The van der Waals surface area contributed by atoms with Crippen molar-refractivity contribution in [3.63, 3.8) is 0 Å². The van der Waals surface area contributed by atoms with E-state index in [-0.39, 0.29) is 11.5 Å². The molecule has 1 N–H and O–H groups in total. The minimum atomic E-state index is -4.14. The molecule has 0 aliphatic heterocycles. The summed E-state index contributed by atoms with van der Waals surface area (Å²) in [7, 11) is -4.14. The van der Waals surface area contributed by atoms with Gasteiger partial charge in [0.2, 0.25) is 0 Å². The van der Waals surface area contributed by atoms with E-state index >= 15 is 0 Å². The van der Waals surface area contributed by atoms with Crippen LogP contribution in [0.4, 0.5) is 0 Å². The van der Waals surface area contributed by atoms with Crippen molar-refractivity contribution in [2.75, 3.05) is 0 Å². The fourth-order valence-electron chi connectivity index (χ4n) is 1.66. The average molecular weight is 363 g/mol. The number of hydrogen-bond donors (Lipinski definition) is 1. The Balaban J connectivity index is 0.000000249. The lowest BCUT2D eigenvalue weighted by atomic mass is 10.3. The second-order valence-electron chi connectivity index (χ2n) is 4.57. The van der Waals surface area contributed by atoms with Crippen molar-refractivity contribution in [2.24, 2.45) is 0 Å². The van der Waals surface area contributed by atoms with Crippen molar-refractivity contribution in [1.82, 2.24) is 0 Å². The molecule has 124 valence electrons. The van der Waals surface area contributed by atoms with Crippen LogP contribution in [-0.4, -0.2) is 4.89 Å². The Morgan fingerprint density at radius 2 is 1.00 bits per heavy atom. The summed E-state index contributed by atoms with van der Waals surface area (Å²) in [6, 6.07) is 26.2. The Hall–Kier alpha value is -2.26. The van der Waals surface area contributed by atoms with Crippen molar-refractivity contribution in [2.45, 2.75) is 0 Å². The summed E-state index contributed by atoms with van der Waals surface area (Å²) in [4.78, 5) is 9.53. The third-order valence-corrected chi connectivity index (χ3v) is 3.80. The highest BCUT2D eigenvalue weighted by molar-refractivity contribution is 7.48. The van der Waals surface area contributed by atoms with E-state index in [9.17, 15) is 9.46 Å². The molecular formula is C18H16ClO4P. The summed E-state index contributed by atoms with van der Waals surface area (Å²) in [5, 5.41) is 0.794. The molecule has 0 aliphatic carbocycles.